The van der Waals surface area contributed by atoms with Crippen LogP contribution in [0.1, 0.15) is 16.8 Å². The number of benzene rings is 1. The number of carbonyl (C=O) groups excluding carboxylic acids is 1. The first kappa shape index (κ1) is 14.4. The van der Waals surface area contributed by atoms with E-state index >= 15 is 0 Å². The number of likely N-dealkylation sites (N-methyl/N-ethyl adjacent to an activating group) is 1. The van der Waals surface area contributed by atoms with E-state index in [4.69, 9.17) is 0 Å². The van der Waals surface area contributed by atoms with Crippen LogP contribution in [0.25, 0.3) is 0 Å². The molecular formula is C15H18F2N2O2. The molecule has 1 N–H and O–H groups in total. The molecule has 1 spiro atoms. The second-order valence-electron chi connectivity index (χ2n) is 6.15. The molecule has 1 aromatic carbocycles. The number of hydrogen-bond acceptors (Lipinski definition) is 3. The number of rotatable bonds is 2. The van der Waals surface area contributed by atoms with Crippen molar-refractivity contribution in [2.75, 3.05) is 33.3 Å². The number of aliphatic hydroxyl groups is 1. The first-order valence-electron chi connectivity index (χ1n) is 7.01. The van der Waals surface area contributed by atoms with Gasteiger partial charge in [-0.15, -0.1) is 0 Å². The van der Waals surface area contributed by atoms with Gasteiger partial charge in [0.05, 0.1) is 5.54 Å². The molecule has 2 fully saturated rings. The van der Waals surface area contributed by atoms with Gasteiger partial charge in [0.15, 0.2) is 11.6 Å². The minimum Gasteiger partial charge on any atom is -0.396 e. The van der Waals surface area contributed by atoms with E-state index in [0.717, 1.165) is 25.1 Å². The molecule has 2 saturated heterocycles. The first-order valence-corrected chi connectivity index (χ1v) is 7.01. The number of carbonyl (C=O) groups is 1. The average molecular weight is 296 g/mol. The van der Waals surface area contributed by atoms with Crippen molar-refractivity contribution in [3.8, 4) is 0 Å². The summed E-state index contributed by atoms with van der Waals surface area (Å²) in [4.78, 5) is 16.1. The van der Waals surface area contributed by atoms with Gasteiger partial charge >= 0.3 is 0 Å². The topological polar surface area (TPSA) is 43.8 Å². The lowest BCUT2D eigenvalue weighted by Gasteiger charge is -2.52. The Balaban J connectivity index is 1.68. The Bertz CT molecular complexity index is 573. The van der Waals surface area contributed by atoms with Crippen LogP contribution in [0.3, 0.4) is 0 Å². The largest absolute Gasteiger partial charge is 0.396 e. The molecule has 2 heterocycles. The summed E-state index contributed by atoms with van der Waals surface area (Å²) >= 11 is 0. The zero-order chi connectivity index (χ0) is 15.2. The normalized spacial score (nSPS) is 24.4. The van der Waals surface area contributed by atoms with Gasteiger partial charge in [0.25, 0.3) is 5.91 Å². The fourth-order valence-corrected chi connectivity index (χ4v) is 3.45. The number of amides is 1. The molecule has 3 rings (SSSR count). The van der Waals surface area contributed by atoms with Crippen LogP contribution in [0.4, 0.5) is 8.78 Å². The summed E-state index contributed by atoms with van der Waals surface area (Å²) in [7, 11) is 2.00. The van der Waals surface area contributed by atoms with Crippen LogP contribution in [-0.2, 0) is 0 Å². The lowest BCUT2D eigenvalue weighted by Crippen LogP contribution is -2.68. The van der Waals surface area contributed by atoms with E-state index in [-0.39, 0.29) is 29.5 Å². The summed E-state index contributed by atoms with van der Waals surface area (Å²) in [6, 6.07) is 3.22. The van der Waals surface area contributed by atoms with Crippen LogP contribution in [0.5, 0.6) is 0 Å². The second kappa shape index (κ2) is 5.03. The number of hydrogen-bond donors (Lipinski definition) is 1. The number of nitrogens with zero attached hydrogens (tertiary/aromatic N) is 2. The van der Waals surface area contributed by atoms with Crippen LogP contribution in [0.15, 0.2) is 18.2 Å². The highest BCUT2D eigenvalue weighted by Gasteiger charge is 2.52. The summed E-state index contributed by atoms with van der Waals surface area (Å²) in [5.74, 6) is -1.99. The zero-order valence-electron chi connectivity index (χ0n) is 11.9. The van der Waals surface area contributed by atoms with Crippen molar-refractivity contribution in [1.29, 1.82) is 0 Å². The monoisotopic (exact) mass is 296 g/mol. The van der Waals surface area contributed by atoms with E-state index in [1.54, 1.807) is 4.90 Å². The Morgan fingerprint density at radius 1 is 1.38 bits per heavy atom. The molecule has 2 aliphatic heterocycles. The van der Waals surface area contributed by atoms with Crippen molar-refractivity contribution in [3.63, 3.8) is 0 Å². The molecule has 1 amide bonds. The van der Waals surface area contributed by atoms with Gasteiger partial charge in [-0.25, -0.2) is 8.78 Å². The van der Waals surface area contributed by atoms with Crippen molar-refractivity contribution in [2.24, 2.45) is 5.92 Å². The van der Waals surface area contributed by atoms with E-state index < -0.39 is 11.6 Å². The predicted octanol–water partition coefficient (Wildman–Crippen LogP) is 1.10. The number of likely N-dealkylation sites (tertiary alicyclic amines) is 2. The summed E-state index contributed by atoms with van der Waals surface area (Å²) < 4.78 is 26.1. The lowest BCUT2D eigenvalue weighted by atomic mass is 9.84. The average Bonchev–Trinajstić information content (AvgIpc) is 2.76. The molecule has 114 valence electrons. The number of halogens is 2. The van der Waals surface area contributed by atoms with Gasteiger partial charge in [-0.05, 0) is 37.6 Å². The van der Waals surface area contributed by atoms with Crippen molar-refractivity contribution in [2.45, 2.75) is 12.0 Å². The van der Waals surface area contributed by atoms with Gasteiger partial charge in [0.2, 0.25) is 0 Å². The van der Waals surface area contributed by atoms with Crippen molar-refractivity contribution in [3.05, 3.63) is 35.4 Å². The van der Waals surface area contributed by atoms with E-state index in [0.29, 0.717) is 13.1 Å². The minimum absolute atomic E-state index is 0.0678. The standard InChI is InChI=1S/C15H18F2N2O2/c1-18-6-10(7-20)5-15(18)8-19(9-15)14(21)11-2-3-12(16)13(17)4-11/h2-4,10,20H,5-9H2,1H3. The predicted molar refractivity (Wildman–Crippen MR) is 72.8 cm³/mol. The molecular weight excluding hydrogens is 278 g/mol. The molecule has 1 aromatic rings. The molecule has 6 heteroatoms. The molecule has 0 aromatic heterocycles. The Kier molecular flexibility index (Phi) is 3.45. The molecule has 21 heavy (non-hydrogen) atoms. The maximum atomic E-state index is 13.2. The van der Waals surface area contributed by atoms with Crippen LogP contribution in [-0.4, -0.2) is 59.6 Å². The fraction of sp³-hybridized carbons (Fsp3) is 0.533. The molecule has 0 radical (unpaired) electrons. The molecule has 0 bridgehead atoms. The summed E-state index contributed by atoms with van der Waals surface area (Å²) in [6.45, 7) is 2.11. The van der Waals surface area contributed by atoms with Gasteiger partial charge in [-0.1, -0.05) is 0 Å². The molecule has 0 saturated carbocycles. The van der Waals surface area contributed by atoms with E-state index in [1.165, 1.54) is 6.07 Å². The smallest absolute Gasteiger partial charge is 0.254 e. The summed E-state index contributed by atoms with van der Waals surface area (Å²) in [6.07, 6.45) is 0.863. The van der Waals surface area contributed by atoms with Gasteiger partial charge < -0.3 is 10.0 Å². The molecule has 4 nitrogen and oxygen atoms in total. The van der Waals surface area contributed by atoms with E-state index in [9.17, 15) is 18.7 Å². The third-order valence-corrected chi connectivity index (χ3v) is 4.69. The highest BCUT2D eigenvalue weighted by Crippen LogP contribution is 2.39. The Morgan fingerprint density at radius 2 is 2.10 bits per heavy atom. The SMILES string of the molecule is CN1CC(CO)CC12CN(C(=O)c1ccc(F)c(F)c1)C2. The Hall–Kier alpha value is -1.53. The summed E-state index contributed by atoms with van der Waals surface area (Å²) in [5.41, 5.74) is 0.102. The first-order chi connectivity index (χ1) is 9.95. The van der Waals surface area contributed by atoms with Gasteiger partial charge in [-0.3, -0.25) is 9.69 Å². The molecule has 2 aliphatic rings. The Labute approximate surface area is 122 Å². The highest BCUT2D eigenvalue weighted by atomic mass is 19.2. The Morgan fingerprint density at radius 3 is 2.67 bits per heavy atom. The number of aliphatic hydroxyl groups excluding tert-OH is 1. The maximum Gasteiger partial charge on any atom is 0.254 e. The minimum atomic E-state index is -1.01. The summed E-state index contributed by atoms with van der Waals surface area (Å²) in [5, 5.41) is 9.26. The van der Waals surface area contributed by atoms with Crippen LogP contribution in [0, 0.1) is 17.6 Å². The fourth-order valence-electron chi connectivity index (χ4n) is 3.45. The lowest BCUT2D eigenvalue weighted by molar-refractivity contribution is -0.00777. The van der Waals surface area contributed by atoms with Crippen LogP contribution >= 0.6 is 0 Å². The maximum absolute atomic E-state index is 13.2. The molecule has 1 atom stereocenters. The van der Waals surface area contributed by atoms with Gasteiger partial charge in [-0.2, -0.15) is 0 Å². The van der Waals surface area contributed by atoms with Gasteiger partial charge in [0, 0.05) is 31.8 Å². The third kappa shape index (κ3) is 2.32. The van der Waals surface area contributed by atoms with Crippen molar-refractivity contribution in [1.82, 2.24) is 9.80 Å². The van der Waals surface area contributed by atoms with Gasteiger partial charge in [0.1, 0.15) is 0 Å². The van der Waals surface area contributed by atoms with Crippen molar-refractivity contribution < 1.29 is 18.7 Å². The third-order valence-electron chi connectivity index (χ3n) is 4.69. The van der Waals surface area contributed by atoms with Crippen molar-refractivity contribution >= 4 is 5.91 Å². The highest BCUT2D eigenvalue weighted by molar-refractivity contribution is 5.95. The quantitative estimate of drug-likeness (QED) is 0.889. The molecule has 0 aliphatic carbocycles. The second-order valence-corrected chi connectivity index (χ2v) is 6.15. The van der Waals surface area contributed by atoms with Crippen LogP contribution < -0.4 is 0 Å². The zero-order valence-corrected chi connectivity index (χ0v) is 11.9. The molecule has 1 unspecified atom stereocenters. The van der Waals surface area contributed by atoms with Crippen LogP contribution in [0.2, 0.25) is 0 Å². The van der Waals surface area contributed by atoms with E-state index in [1.807, 2.05) is 7.05 Å². The van der Waals surface area contributed by atoms with E-state index in [2.05, 4.69) is 4.90 Å².